The SMILES string of the molecule is CCOC(=O)CCc1cccc(/C(Nc2ccc(CN(C)C)cc2)=C2/C(=O)Nc3cc(C(=O)OC)ccc32)c1. The zero-order valence-electron chi connectivity index (χ0n) is 22.7. The molecule has 0 radical (unpaired) electrons. The van der Waals surface area contributed by atoms with Gasteiger partial charge in [-0.25, -0.2) is 4.79 Å². The summed E-state index contributed by atoms with van der Waals surface area (Å²) in [5.41, 5.74) is 6.38. The number of anilines is 2. The first-order chi connectivity index (χ1) is 18.8. The maximum absolute atomic E-state index is 13.3. The highest BCUT2D eigenvalue weighted by Crippen LogP contribution is 2.38. The molecular formula is C31H33N3O5. The average molecular weight is 528 g/mol. The third-order valence-electron chi connectivity index (χ3n) is 6.30. The Morgan fingerprint density at radius 3 is 2.41 bits per heavy atom. The van der Waals surface area contributed by atoms with Crippen molar-refractivity contribution >= 4 is 40.5 Å². The second kappa shape index (κ2) is 12.4. The fourth-order valence-corrected chi connectivity index (χ4v) is 4.51. The van der Waals surface area contributed by atoms with E-state index in [1.54, 1.807) is 25.1 Å². The maximum Gasteiger partial charge on any atom is 0.337 e. The molecule has 0 fully saturated rings. The van der Waals surface area contributed by atoms with Gasteiger partial charge < -0.3 is 25.0 Å². The van der Waals surface area contributed by atoms with Crippen LogP contribution in [0.1, 0.15) is 46.0 Å². The number of carbonyl (C=O) groups is 3. The molecule has 0 aromatic heterocycles. The van der Waals surface area contributed by atoms with E-state index in [-0.39, 0.29) is 18.3 Å². The normalized spacial score (nSPS) is 13.5. The van der Waals surface area contributed by atoms with Gasteiger partial charge in [0, 0.05) is 24.2 Å². The van der Waals surface area contributed by atoms with Gasteiger partial charge in [0.05, 0.1) is 36.2 Å². The summed E-state index contributed by atoms with van der Waals surface area (Å²) in [6.07, 6.45) is 0.781. The van der Waals surface area contributed by atoms with Crippen molar-refractivity contribution in [1.82, 2.24) is 4.90 Å². The molecule has 8 nitrogen and oxygen atoms in total. The van der Waals surface area contributed by atoms with Gasteiger partial charge in [-0.05, 0) is 74.5 Å². The molecule has 0 unspecified atom stereocenters. The molecule has 39 heavy (non-hydrogen) atoms. The van der Waals surface area contributed by atoms with Crippen LogP contribution in [0.5, 0.6) is 0 Å². The standard InChI is InChI=1S/C31H33N3O5/c1-5-39-27(35)16-11-20-7-6-8-22(17-20)29(32-24-13-9-21(10-14-24)19-34(2)3)28-25-15-12-23(31(37)38-4)18-26(25)33-30(28)36/h6-10,12-15,17-18,32H,5,11,16,19H2,1-4H3,(H,33,36)/b29-28-. The Morgan fingerprint density at radius 1 is 0.949 bits per heavy atom. The van der Waals surface area contributed by atoms with E-state index in [4.69, 9.17) is 9.47 Å². The van der Waals surface area contributed by atoms with Crippen LogP contribution in [0.15, 0.2) is 66.7 Å². The Bertz CT molecular complexity index is 1410. The summed E-state index contributed by atoms with van der Waals surface area (Å²) in [7, 11) is 5.36. The third-order valence-corrected chi connectivity index (χ3v) is 6.30. The number of hydrogen-bond acceptors (Lipinski definition) is 7. The number of carbonyl (C=O) groups excluding carboxylic acids is 3. The van der Waals surface area contributed by atoms with Crippen LogP contribution in [0.2, 0.25) is 0 Å². The maximum atomic E-state index is 13.3. The lowest BCUT2D eigenvalue weighted by Gasteiger charge is -2.17. The minimum atomic E-state index is -0.477. The molecule has 1 amide bonds. The Labute approximate surface area is 228 Å². The van der Waals surface area contributed by atoms with E-state index >= 15 is 0 Å². The van der Waals surface area contributed by atoms with Gasteiger partial charge in [-0.1, -0.05) is 36.4 Å². The van der Waals surface area contributed by atoms with Gasteiger partial charge in [0.2, 0.25) is 0 Å². The van der Waals surface area contributed by atoms with E-state index in [2.05, 4.69) is 15.5 Å². The molecule has 3 aromatic carbocycles. The van der Waals surface area contributed by atoms with Crippen molar-refractivity contribution < 1.29 is 23.9 Å². The summed E-state index contributed by atoms with van der Waals surface area (Å²) in [6, 6.07) is 20.8. The Kier molecular flexibility index (Phi) is 8.78. The molecule has 0 spiro atoms. The summed E-state index contributed by atoms with van der Waals surface area (Å²) in [4.78, 5) is 39.4. The van der Waals surface area contributed by atoms with Crippen molar-refractivity contribution in [3.8, 4) is 0 Å². The predicted molar refractivity (Wildman–Crippen MR) is 152 cm³/mol. The summed E-state index contributed by atoms with van der Waals surface area (Å²) in [5.74, 6) is -1.01. The smallest absolute Gasteiger partial charge is 0.337 e. The van der Waals surface area contributed by atoms with Crippen molar-refractivity contribution in [2.75, 3.05) is 38.4 Å². The molecule has 1 aliphatic heterocycles. The largest absolute Gasteiger partial charge is 0.466 e. The Morgan fingerprint density at radius 2 is 1.72 bits per heavy atom. The fraction of sp³-hybridized carbons (Fsp3) is 0.258. The van der Waals surface area contributed by atoms with Crippen LogP contribution in [0.25, 0.3) is 11.3 Å². The number of ether oxygens (including phenoxy) is 2. The first kappa shape index (κ1) is 27.6. The van der Waals surface area contributed by atoms with E-state index in [0.29, 0.717) is 41.1 Å². The molecule has 4 rings (SSSR count). The number of hydrogen-bond donors (Lipinski definition) is 2. The van der Waals surface area contributed by atoms with Gasteiger partial charge in [0.15, 0.2) is 0 Å². The van der Waals surface area contributed by atoms with Crippen molar-refractivity contribution in [2.24, 2.45) is 0 Å². The molecule has 0 bridgehead atoms. The zero-order chi connectivity index (χ0) is 27.9. The molecule has 3 aromatic rings. The average Bonchev–Trinajstić information content (AvgIpc) is 3.25. The number of nitrogens with zero attached hydrogens (tertiary/aromatic N) is 1. The number of methoxy groups -OCH3 is 1. The Hall–Kier alpha value is -4.43. The number of benzene rings is 3. The zero-order valence-corrected chi connectivity index (χ0v) is 22.7. The lowest BCUT2D eigenvalue weighted by atomic mass is 9.97. The summed E-state index contributed by atoms with van der Waals surface area (Å²) in [5, 5.41) is 6.36. The van der Waals surface area contributed by atoms with E-state index < -0.39 is 5.97 Å². The molecule has 8 heteroatoms. The van der Waals surface area contributed by atoms with Gasteiger partial charge in [0.25, 0.3) is 5.91 Å². The first-order valence-electron chi connectivity index (χ1n) is 12.8. The van der Waals surface area contributed by atoms with E-state index in [1.165, 1.54) is 12.7 Å². The molecule has 1 aliphatic rings. The number of amides is 1. The van der Waals surface area contributed by atoms with Gasteiger partial charge in [-0.3, -0.25) is 9.59 Å². The molecule has 202 valence electrons. The van der Waals surface area contributed by atoms with Crippen molar-refractivity contribution in [1.29, 1.82) is 0 Å². The van der Waals surface area contributed by atoms with E-state index in [0.717, 1.165) is 23.4 Å². The number of esters is 2. The number of aryl methyl sites for hydroxylation is 1. The van der Waals surface area contributed by atoms with Gasteiger partial charge in [-0.15, -0.1) is 0 Å². The van der Waals surface area contributed by atoms with Crippen molar-refractivity contribution in [3.63, 3.8) is 0 Å². The van der Waals surface area contributed by atoms with Crippen LogP contribution in [0.4, 0.5) is 11.4 Å². The lowest BCUT2D eigenvalue weighted by molar-refractivity contribution is -0.143. The van der Waals surface area contributed by atoms with E-state index in [9.17, 15) is 14.4 Å². The topological polar surface area (TPSA) is 97.0 Å². The minimum Gasteiger partial charge on any atom is -0.466 e. The highest BCUT2D eigenvalue weighted by Gasteiger charge is 2.29. The van der Waals surface area contributed by atoms with Gasteiger partial charge in [0.1, 0.15) is 0 Å². The third kappa shape index (κ3) is 6.72. The number of nitrogens with one attached hydrogen (secondary N) is 2. The fourth-order valence-electron chi connectivity index (χ4n) is 4.51. The second-order valence-corrected chi connectivity index (χ2v) is 9.52. The van der Waals surface area contributed by atoms with Crippen molar-refractivity contribution in [3.05, 3.63) is 94.5 Å². The van der Waals surface area contributed by atoms with Crippen LogP contribution in [-0.4, -0.2) is 50.6 Å². The number of fused-ring (bicyclic) bond motifs is 1. The molecule has 2 N–H and O–H groups in total. The van der Waals surface area contributed by atoms with Crippen molar-refractivity contribution in [2.45, 2.75) is 26.3 Å². The molecule has 0 atom stereocenters. The highest BCUT2D eigenvalue weighted by molar-refractivity contribution is 6.37. The molecule has 0 saturated heterocycles. The first-order valence-corrected chi connectivity index (χ1v) is 12.8. The Balaban J connectivity index is 1.76. The highest BCUT2D eigenvalue weighted by atomic mass is 16.5. The van der Waals surface area contributed by atoms with Crippen LogP contribution in [0.3, 0.4) is 0 Å². The molecule has 0 aliphatic carbocycles. The minimum absolute atomic E-state index is 0.247. The summed E-state index contributed by atoms with van der Waals surface area (Å²) in [6.45, 7) is 2.95. The van der Waals surface area contributed by atoms with Gasteiger partial charge in [-0.2, -0.15) is 0 Å². The molecule has 1 heterocycles. The van der Waals surface area contributed by atoms with Crippen LogP contribution >= 0.6 is 0 Å². The van der Waals surface area contributed by atoms with Crippen LogP contribution in [-0.2, 0) is 32.0 Å². The van der Waals surface area contributed by atoms with E-state index in [1.807, 2.05) is 62.6 Å². The predicted octanol–water partition coefficient (Wildman–Crippen LogP) is 4.96. The summed E-state index contributed by atoms with van der Waals surface area (Å²) >= 11 is 0. The van der Waals surface area contributed by atoms with Crippen LogP contribution < -0.4 is 10.6 Å². The molecular weight excluding hydrogens is 494 g/mol. The molecule has 0 saturated carbocycles. The summed E-state index contributed by atoms with van der Waals surface area (Å²) < 4.78 is 9.91. The quantitative estimate of drug-likeness (QED) is 0.284. The lowest BCUT2D eigenvalue weighted by Crippen LogP contribution is -2.11. The van der Waals surface area contributed by atoms with Gasteiger partial charge >= 0.3 is 11.9 Å². The monoisotopic (exact) mass is 527 g/mol. The van der Waals surface area contributed by atoms with Crippen LogP contribution in [0, 0.1) is 0 Å². The number of rotatable bonds is 10. The second-order valence-electron chi connectivity index (χ2n) is 9.52.